The van der Waals surface area contributed by atoms with Gasteiger partial charge < -0.3 is 14.2 Å². The van der Waals surface area contributed by atoms with Crippen molar-refractivity contribution in [1.82, 2.24) is 0 Å². The second-order valence-electron chi connectivity index (χ2n) is 5.80. The van der Waals surface area contributed by atoms with Crippen molar-refractivity contribution in [1.29, 1.82) is 0 Å². The molecule has 3 aromatic rings. The first-order valence-electron chi connectivity index (χ1n) is 8.12. The SMILES string of the molecule is COc1cc(OC(C)=O)c(C(=O)c2ccc3c(Cl)cccc3c2)cc1OC. The lowest BCUT2D eigenvalue weighted by molar-refractivity contribution is -0.131. The first kappa shape index (κ1) is 18.7. The summed E-state index contributed by atoms with van der Waals surface area (Å²) in [4.78, 5) is 24.6. The maximum atomic E-state index is 13.1. The van der Waals surface area contributed by atoms with Crippen LogP contribution in [0.5, 0.6) is 17.2 Å². The van der Waals surface area contributed by atoms with Crippen molar-refractivity contribution in [2.24, 2.45) is 0 Å². The molecule has 0 spiro atoms. The van der Waals surface area contributed by atoms with Crippen molar-refractivity contribution >= 4 is 34.1 Å². The summed E-state index contributed by atoms with van der Waals surface area (Å²) in [5.41, 5.74) is 0.634. The van der Waals surface area contributed by atoms with Gasteiger partial charge in [-0.2, -0.15) is 0 Å². The van der Waals surface area contributed by atoms with E-state index in [2.05, 4.69) is 0 Å². The second-order valence-corrected chi connectivity index (χ2v) is 6.21. The standard InChI is InChI=1S/C21H17ClO5/c1-12(23)27-18-11-20(26-3)19(25-2)10-16(18)21(24)14-7-8-15-13(9-14)5-4-6-17(15)22/h4-11H,1-3H3. The van der Waals surface area contributed by atoms with Gasteiger partial charge in [-0.15, -0.1) is 0 Å². The van der Waals surface area contributed by atoms with Gasteiger partial charge in [-0.3, -0.25) is 9.59 Å². The third kappa shape index (κ3) is 3.73. The minimum absolute atomic E-state index is 0.108. The van der Waals surface area contributed by atoms with E-state index in [0.717, 1.165) is 10.8 Å². The molecule has 0 saturated carbocycles. The average Bonchev–Trinajstić information content (AvgIpc) is 2.66. The van der Waals surface area contributed by atoms with Gasteiger partial charge in [0, 0.05) is 29.0 Å². The summed E-state index contributed by atoms with van der Waals surface area (Å²) in [5, 5.41) is 2.30. The van der Waals surface area contributed by atoms with Crippen molar-refractivity contribution in [2.45, 2.75) is 6.92 Å². The Hall–Kier alpha value is -3.05. The Morgan fingerprint density at radius 3 is 2.26 bits per heavy atom. The van der Waals surface area contributed by atoms with Crippen molar-refractivity contribution in [3.05, 3.63) is 64.7 Å². The van der Waals surface area contributed by atoms with Crippen LogP contribution in [0.15, 0.2) is 48.5 Å². The summed E-state index contributed by atoms with van der Waals surface area (Å²) in [6.45, 7) is 1.27. The van der Waals surface area contributed by atoms with Crippen LogP contribution >= 0.6 is 11.6 Å². The molecular formula is C21H17ClO5. The van der Waals surface area contributed by atoms with Gasteiger partial charge in [0.15, 0.2) is 17.3 Å². The number of rotatable bonds is 5. The van der Waals surface area contributed by atoms with Gasteiger partial charge >= 0.3 is 5.97 Å². The fraction of sp³-hybridized carbons (Fsp3) is 0.143. The lowest BCUT2D eigenvalue weighted by Gasteiger charge is -2.14. The topological polar surface area (TPSA) is 61.8 Å². The Morgan fingerprint density at radius 2 is 1.59 bits per heavy atom. The molecule has 0 aliphatic carbocycles. The monoisotopic (exact) mass is 384 g/mol. The molecule has 5 nitrogen and oxygen atoms in total. The largest absolute Gasteiger partial charge is 0.493 e. The van der Waals surface area contributed by atoms with Gasteiger partial charge in [-0.1, -0.05) is 35.9 Å². The normalized spacial score (nSPS) is 10.5. The summed E-state index contributed by atoms with van der Waals surface area (Å²) < 4.78 is 15.7. The number of ketones is 1. The van der Waals surface area contributed by atoms with Crippen LogP contribution in [-0.2, 0) is 4.79 Å². The first-order chi connectivity index (χ1) is 12.9. The highest BCUT2D eigenvalue weighted by atomic mass is 35.5. The molecule has 0 heterocycles. The second kappa shape index (κ2) is 7.68. The molecule has 0 aromatic heterocycles. The smallest absolute Gasteiger partial charge is 0.308 e. The molecule has 0 aliphatic rings. The van der Waals surface area contributed by atoms with Crippen LogP contribution in [0.25, 0.3) is 10.8 Å². The molecule has 0 radical (unpaired) electrons. The fourth-order valence-electron chi connectivity index (χ4n) is 2.82. The molecule has 0 N–H and O–H groups in total. The molecule has 3 aromatic carbocycles. The molecule has 0 unspecified atom stereocenters. The molecule has 0 saturated heterocycles. The highest BCUT2D eigenvalue weighted by Gasteiger charge is 2.21. The molecule has 27 heavy (non-hydrogen) atoms. The Labute approximate surface area is 161 Å². The number of fused-ring (bicyclic) bond motifs is 1. The third-order valence-corrected chi connectivity index (χ3v) is 4.40. The van der Waals surface area contributed by atoms with Gasteiger partial charge in [0.1, 0.15) is 5.75 Å². The van der Waals surface area contributed by atoms with Gasteiger partial charge in [0.25, 0.3) is 0 Å². The van der Waals surface area contributed by atoms with Crippen molar-refractivity contribution in [2.75, 3.05) is 14.2 Å². The van der Waals surface area contributed by atoms with Crippen LogP contribution in [0.4, 0.5) is 0 Å². The van der Waals surface area contributed by atoms with E-state index in [9.17, 15) is 9.59 Å². The van der Waals surface area contributed by atoms with Crippen molar-refractivity contribution < 1.29 is 23.8 Å². The Morgan fingerprint density at radius 1 is 0.889 bits per heavy atom. The zero-order valence-corrected chi connectivity index (χ0v) is 15.8. The number of carbonyl (C=O) groups excluding carboxylic acids is 2. The van der Waals surface area contributed by atoms with Gasteiger partial charge in [0.05, 0.1) is 19.8 Å². The van der Waals surface area contributed by atoms with Crippen LogP contribution in [0.3, 0.4) is 0 Å². The van der Waals surface area contributed by atoms with Gasteiger partial charge in [-0.25, -0.2) is 0 Å². The maximum Gasteiger partial charge on any atom is 0.308 e. The predicted octanol–water partition coefficient (Wildman–Crippen LogP) is 4.67. The van der Waals surface area contributed by atoms with Crippen LogP contribution < -0.4 is 14.2 Å². The quantitative estimate of drug-likeness (QED) is 0.363. The molecule has 0 fully saturated rings. The molecule has 0 atom stereocenters. The zero-order chi connectivity index (χ0) is 19.6. The van der Waals surface area contributed by atoms with E-state index in [4.69, 9.17) is 25.8 Å². The van der Waals surface area contributed by atoms with Crippen LogP contribution in [0.1, 0.15) is 22.8 Å². The Kier molecular flexibility index (Phi) is 5.33. The molecule has 138 valence electrons. The summed E-state index contributed by atoms with van der Waals surface area (Å²) in [5.74, 6) is -0.0249. The van der Waals surface area contributed by atoms with E-state index in [1.54, 1.807) is 24.3 Å². The summed E-state index contributed by atoms with van der Waals surface area (Å²) >= 11 is 6.19. The number of methoxy groups -OCH3 is 2. The number of halogens is 1. The lowest BCUT2D eigenvalue weighted by Crippen LogP contribution is -2.10. The summed E-state index contributed by atoms with van der Waals surface area (Å²) in [6.07, 6.45) is 0. The van der Waals surface area contributed by atoms with Crippen LogP contribution in [-0.4, -0.2) is 26.0 Å². The molecular weight excluding hydrogens is 368 g/mol. The summed E-state index contributed by atoms with van der Waals surface area (Å²) in [7, 11) is 2.93. The van der Waals surface area contributed by atoms with Crippen LogP contribution in [0.2, 0.25) is 5.02 Å². The van der Waals surface area contributed by atoms with E-state index in [-0.39, 0.29) is 17.1 Å². The number of carbonyl (C=O) groups is 2. The van der Waals surface area contributed by atoms with E-state index in [1.165, 1.54) is 33.3 Å². The Bertz CT molecular complexity index is 1040. The van der Waals surface area contributed by atoms with E-state index in [1.807, 2.05) is 12.1 Å². The number of esters is 1. The minimum atomic E-state index is -0.540. The number of benzene rings is 3. The van der Waals surface area contributed by atoms with E-state index in [0.29, 0.717) is 22.1 Å². The zero-order valence-electron chi connectivity index (χ0n) is 15.0. The Balaban J connectivity index is 2.13. The first-order valence-corrected chi connectivity index (χ1v) is 8.49. The van der Waals surface area contributed by atoms with E-state index >= 15 is 0 Å². The fourth-order valence-corrected chi connectivity index (χ4v) is 3.06. The average molecular weight is 385 g/mol. The number of hydrogen-bond donors (Lipinski definition) is 0. The highest BCUT2D eigenvalue weighted by Crippen LogP contribution is 2.36. The summed E-state index contributed by atoms with van der Waals surface area (Å²) in [6, 6.07) is 13.7. The number of ether oxygens (including phenoxy) is 3. The highest BCUT2D eigenvalue weighted by molar-refractivity contribution is 6.35. The van der Waals surface area contributed by atoms with Crippen molar-refractivity contribution in [3.8, 4) is 17.2 Å². The molecule has 6 heteroatoms. The third-order valence-electron chi connectivity index (χ3n) is 4.07. The molecule has 0 amide bonds. The molecule has 3 rings (SSSR count). The minimum Gasteiger partial charge on any atom is -0.493 e. The number of hydrogen-bond acceptors (Lipinski definition) is 5. The lowest BCUT2D eigenvalue weighted by atomic mass is 9.99. The van der Waals surface area contributed by atoms with Gasteiger partial charge in [-0.05, 0) is 23.6 Å². The van der Waals surface area contributed by atoms with E-state index < -0.39 is 5.97 Å². The maximum absolute atomic E-state index is 13.1. The van der Waals surface area contributed by atoms with Crippen LogP contribution in [0, 0.1) is 0 Å². The molecule has 0 aliphatic heterocycles. The molecule has 0 bridgehead atoms. The van der Waals surface area contributed by atoms with Gasteiger partial charge in [0.2, 0.25) is 0 Å². The van der Waals surface area contributed by atoms with Crippen molar-refractivity contribution in [3.63, 3.8) is 0 Å². The predicted molar refractivity (Wildman–Crippen MR) is 103 cm³/mol.